The molecule has 0 fully saturated rings. The highest BCUT2D eigenvalue weighted by molar-refractivity contribution is 7.98. The van der Waals surface area contributed by atoms with Crippen LogP contribution in [-0.4, -0.2) is 68.6 Å². The fraction of sp³-hybridized carbons (Fsp3) is 0.667. The predicted octanol–water partition coefficient (Wildman–Crippen LogP) is 0.759. The van der Waals surface area contributed by atoms with E-state index in [1.54, 1.807) is 23.7 Å². The van der Waals surface area contributed by atoms with Crippen LogP contribution in [0.25, 0.3) is 0 Å². The molecule has 2 amide bonds. The van der Waals surface area contributed by atoms with E-state index in [4.69, 9.17) is 5.11 Å². The van der Waals surface area contributed by atoms with Gasteiger partial charge in [0.15, 0.2) is 5.69 Å². The number of aromatic carboxylic acids is 1. The Bertz CT molecular complexity index is 479. The van der Waals surface area contributed by atoms with Crippen LogP contribution in [-0.2, 0) is 6.54 Å². The Labute approximate surface area is 127 Å². The van der Waals surface area contributed by atoms with Crippen molar-refractivity contribution in [1.82, 2.24) is 25.2 Å². The first-order valence-corrected chi connectivity index (χ1v) is 7.98. The van der Waals surface area contributed by atoms with Gasteiger partial charge >= 0.3 is 12.0 Å². The first-order valence-electron chi connectivity index (χ1n) is 6.58. The van der Waals surface area contributed by atoms with Gasteiger partial charge in [-0.1, -0.05) is 5.21 Å². The number of hydrogen-bond donors (Lipinski definition) is 2. The number of amides is 2. The standard InChI is InChI=1S/C12H21N5O3S/c1-9(4-7-21-3)16(2)12(20)13-5-6-17-8-10(11(18)19)14-15-17/h8-9H,4-7H2,1-3H3,(H,13,20)(H,18,19). The molecule has 2 N–H and O–H groups in total. The fourth-order valence-electron chi connectivity index (χ4n) is 1.59. The van der Waals surface area contributed by atoms with E-state index in [1.807, 2.05) is 13.2 Å². The molecule has 21 heavy (non-hydrogen) atoms. The van der Waals surface area contributed by atoms with E-state index < -0.39 is 5.97 Å². The molecule has 1 heterocycles. The van der Waals surface area contributed by atoms with Crippen LogP contribution >= 0.6 is 11.8 Å². The fourth-order valence-corrected chi connectivity index (χ4v) is 2.17. The zero-order valence-corrected chi connectivity index (χ0v) is 13.3. The van der Waals surface area contributed by atoms with E-state index in [2.05, 4.69) is 15.6 Å². The maximum absolute atomic E-state index is 11.9. The number of aromatic nitrogens is 3. The molecule has 1 rings (SSSR count). The summed E-state index contributed by atoms with van der Waals surface area (Å²) in [6.45, 7) is 2.74. The van der Waals surface area contributed by atoms with Crippen molar-refractivity contribution in [3.05, 3.63) is 11.9 Å². The third kappa shape index (κ3) is 5.62. The van der Waals surface area contributed by atoms with E-state index in [-0.39, 0.29) is 17.8 Å². The van der Waals surface area contributed by atoms with Crippen molar-refractivity contribution in [2.24, 2.45) is 0 Å². The van der Waals surface area contributed by atoms with Crippen molar-refractivity contribution < 1.29 is 14.7 Å². The number of carbonyl (C=O) groups excluding carboxylic acids is 1. The van der Waals surface area contributed by atoms with Gasteiger partial charge in [0.05, 0.1) is 12.7 Å². The lowest BCUT2D eigenvalue weighted by Gasteiger charge is -2.25. The summed E-state index contributed by atoms with van der Waals surface area (Å²) in [5.74, 6) is -0.108. The van der Waals surface area contributed by atoms with Crippen molar-refractivity contribution in [3.8, 4) is 0 Å². The summed E-state index contributed by atoms with van der Waals surface area (Å²) < 4.78 is 1.39. The Morgan fingerprint density at radius 2 is 2.29 bits per heavy atom. The molecule has 0 aliphatic carbocycles. The molecular weight excluding hydrogens is 294 g/mol. The van der Waals surface area contributed by atoms with E-state index in [0.29, 0.717) is 13.1 Å². The van der Waals surface area contributed by atoms with Crippen molar-refractivity contribution in [2.75, 3.05) is 25.6 Å². The number of nitrogens with zero attached hydrogens (tertiary/aromatic N) is 4. The predicted molar refractivity (Wildman–Crippen MR) is 80.6 cm³/mol. The average molecular weight is 315 g/mol. The summed E-state index contributed by atoms with van der Waals surface area (Å²) in [5, 5.41) is 18.7. The van der Waals surface area contributed by atoms with E-state index in [0.717, 1.165) is 12.2 Å². The zero-order chi connectivity index (χ0) is 15.8. The summed E-state index contributed by atoms with van der Waals surface area (Å²) in [6.07, 6.45) is 4.31. The van der Waals surface area contributed by atoms with Gasteiger partial charge in [-0.25, -0.2) is 14.3 Å². The van der Waals surface area contributed by atoms with Crippen LogP contribution in [0.4, 0.5) is 4.79 Å². The third-order valence-corrected chi connectivity index (χ3v) is 3.74. The summed E-state index contributed by atoms with van der Waals surface area (Å²) in [5.41, 5.74) is -0.107. The van der Waals surface area contributed by atoms with Gasteiger partial charge in [0, 0.05) is 19.6 Å². The first-order chi connectivity index (χ1) is 9.95. The molecular formula is C12H21N5O3S. The summed E-state index contributed by atoms with van der Waals surface area (Å²) in [4.78, 5) is 24.2. The Hall–Kier alpha value is -1.77. The number of carboxylic acid groups (broad SMARTS) is 1. The van der Waals surface area contributed by atoms with Crippen LogP contribution in [0.5, 0.6) is 0 Å². The lowest BCUT2D eigenvalue weighted by atomic mass is 10.2. The number of nitrogens with one attached hydrogen (secondary N) is 1. The smallest absolute Gasteiger partial charge is 0.358 e. The van der Waals surface area contributed by atoms with Crippen LogP contribution in [0.3, 0.4) is 0 Å². The quantitative estimate of drug-likeness (QED) is 0.734. The van der Waals surface area contributed by atoms with Crippen LogP contribution in [0, 0.1) is 0 Å². The largest absolute Gasteiger partial charge is 0.476 e. The maximum Gasteiger partial charge on any atom is 0.358 e. The lowest BCUT2D eigenvalue weighted by molar-refractivity contribution is 0.0690. The Balaban J connectivity index is 2.33. The first kappa shape index (κ1) is 17.3. The number of hydrogen-bond acceptors (Lipinski definition) is 5. The number of thioether (sulfide) groups is 1. The molecule has 0 saturated heterocycles. The highest BCUT2D eigenvalue weighted by Crippen LogP contribution is 2.05. The Morgan fingerprint density at radius 1 is 1.57 bits per heavy atom. The minimum atomic E-state index is -1.12. The second-order valence-corrected chi connectivity index (χ2v) is 5.63. The van der Waals surface area contributed by atoms with Gasteiger partial charge in [-0.15, -0.1) is 5.10 Å². The molecule has 9 heteroatoms. The molecule has 0 aliphatic rings. The van der Waals surface area contributed by atoms with Gasteiger partial charge in [-0.2, -0.15) is 11.8 Å². The molecule has 1 atom stereocenters. The van der Waals surface area contributed by atoms with E-state index in [9.17, 15) is 9.59 Å². The van der Waals surface area contributed by atoms with Gasteiger partial charge in [0.1, 0.15) is 0 Å². The van der Waals surface area contributed by atoms with Gasteiger partial charge in [-0.3, -0.25) is 0 Å². The van der Waals surface area contributed by atoms with E-state index in [1.165, 1.54) is 10.9 Å². The summed E-state index contributed by atoms with van der Waals surface area (Å²) in [6, 6.07) is 0.0182. The SMILES string of the molecule is CSCCC(C)N(C)C(=O)NCCn1cc(C(=O)O)nn1. The minimum absolute atomic E-state index is 0.107. The van der Waals surface area contributed by atoms with Gasteiger partial charge in [0.25, 0.3) is 0 Å². The molecule has 118 valence electrons. The van der Waals surface area contributed by atoms with Crippen molar-refractivity contribution in [2.45, 2.75) is 25.9 Å². The van der Waals surface area contributed by atoms with Gasteiger partial charge in [-0.05, 0) is 25.4 Å². The lowest BCUT2D eigenvalue weighted by Crippen LogP contribution is -2.43. The number of urea groups is 1. The normalized spacial score (nSPS) is 12.0. The number of rotatable bonds is 8. The average Bonchev–Trinajstić information content (AvgIpc) is 2.92. The second kappa shape index (κ2) is 8.50. The Morgan fingerprint density at radius 3 is 2.86 bits per heavy atom. The van der Waals surface area contributed by atoms with E-state index >= 15 is 0 Å². The molecule has 8 nitrogen and oxygen atoms in total. The summed E-state index contributed by atoms with van der Waals surface area (Å²) in [7, 11) is 1.76. The molecule has 0 saturated carbocycles. The van der Waals surface area contributed by atoms with Crippen LogP contribution in [0.1, 0.15) is 23.8 Å². The van der Waals surface area contributed by atoms with Crippen LogP contribution in [0.2, 0.25) is 0 Å². The highest BCUT2D eigenvalue weighted by atomic mass is 32.2. The van der Waals surface area contributed by atoms with Crippen LogP contribution in [0.15, 0.2) is 6.20 Å². The summed E-state index contributed by atoms with van der Waals surface area (Å²) >= 11 is 1.75. The molecule has 1 aromatic rings. The molecule has 0 radical (unpaired) electrons. The van der Waals surface area contributed by atoms with Crippen LogP contribution < -0.4 is 5.32 Å². The molecule has 0 aliphatic heterocycles. The topological polar surface area (TPSA) is 100 Å². The van der Waals surface area contributed by atoms with Crippen molar-refractivity contribution in [3.63, 3.8) is 0 Å². The number of carboxylic acids is 1. The molecule has 0 bridgehead atoms. The Kier molecular flexibility index (Phi) is 7.00. The molecule has 0 spiro atoms. The zero-order valence-electron chi connectivity index (χ0n) is 12.4. The monoisotopic (exact) mass is 315 g/mol. The van der Waals surface area contributed by atoms with Gasteiger partial charge < -0.3 is 15.3 Å². The third-order valence-electron chi connectivity index (χ3n) is 3.10. The second-order valence-electron chi connectivity index (χ2n) is 4.65. The maximum atomic E-state index is 11.9. The molecule has 0 aromatic carbocycles. The minimum Gasteiger partial charge on any atom is -0.476 e. The molecule has 1 unspecified atom stereocenters. The van der Waals surface area contributed by atoms with Gasteiger partial charge in [0.2, 0.25) is 0 Å². The molecule has 1 aromatic heterocycles. The highest BCUT2D eigenvalue weighted by Gasteiger charge is 2.15. The number of carbonyl (C=O) groups is 2. The van der Waals surface area contributed by atoms with Crippen molar-refractivity contribution in [1.29, 1.82) is 0 Å². The van der Waals surface area contributed by atoms with Crippen molar-refractivity contribution >= 4 is 23.8 Å².